The Balaban J connectivity index is 2.21. The van der Waals surface area contributed by atoms with Gasteiger partial charge >= 0.3 is 6.09 Å². The number of carboxylic acid groups (broad SMARTS) is 1. The Hall–Kier alpha value is -1.91. The molecule has 0 aliphatic carbocycles. The third-order valence-electron chi connectivity index (χ3n) is 2.25. The highest BCUT2D eigenvalue weighted by Gasteiger charge is 2.21. The van der Waals surface area contributed by atoms with E-state index in [-0.39, 0.29) is 12.2 Å². The summed E-state index contributed by atoms with van der Waals surface area (Å²) in [6, 6.07) is 2.82. The average Bonchev–Trinajstić information content (AvgIpc) is 2.67. The first kappa shape index (κ1) is 9.64. The second-order valence-corrected chi connectivity index (χ2v) is 3.23. The molecule has 2 rings (SSSR count). The quantitative estimate of drug-likeness (QED) is 0.762. The molecule has 0 unspecified atom stereocenters. The van der Waals surface area contributed by atoms with E-state index in [1.54, 1.807) is 6.08 Å². The van der Waals surface area contributed by atoms with Crippen molar-refractivity contribution in [3.8, 4) is 0 Å². The SMILES string of the molecule is O=C(O)N1CC=C(c2ncccc2F)C1. The Morgan fingerprint density at radius 2 is 2.40 bits per heavy atom. The van der Waals surface area contributed by atoms with Gasteiger partial charge in [-0.15, -0.1) is 0 Å². The van der Waals surface area contributed by atoms with Crippen molar-refractivity contribution in [3.05, 3.63) is 35.9 Å². The van der Waals surface area contributed by atoms with E-state index in [1.807, 2.05) is 0 Å². The van der Waals surface area contributed by atoms with Crippen LogP contribution in [0.4, 0.5) is 9.18 Å². The number of carbonyl (C=O) groups is 1. The van der Waals surface area contributed by atoms with Crippen molar-refractivity contribution in [1.82, 2.24) is 9.88 Å². The van der Waals surface area contributed by atoms with Crippen LogP contribution < -0.4 is 0 Å². The molecule has 0 bridgehead atoms. The zero-order chi connectivity index (χ0) is 10.8. The minimum absolute atomic E-state index is 0.198. The Kier molecular flexibility index (Phi) is 2.37. The third-order valence-corrected chi connectivity index (χ3v) is 2.25. The summed E-state index contributed by atoms with van der Waals surface area (Å²) in [4.78, 5) is 15.7. The summed E-state index contributed by atoms with van der Waals surface area (Å²) < 4.78 is 13.3. The van der Waals surface area contributed by atoms with Crippen LogP contribution in [0.2, 0.25) is 0 Å². The standard InChI is InChI=1S/C10H9FN2O2/c11-8-2-1-4-12-9(8)7-3-5-13(6-7)10(14)15/h1-4H,5-6H2,(H,14,15). The van der Waals surface area contributed by atoms with Gasteiger partial charge in [0.05, 0.1) is 6.54 Å². The van der Waals surface area contributed by atoms with E-state index in [2.05, 4.69) is 4.98 Å². The van der Waals surface area contributed by atoms with Crippen molar-refractivity contribution in [2.75, 3.05) is 13.1 Å². The van der Waals surface area contributed by atoms with Gasteiger partial charge in [0.15, 0.2) is 0 Å². The second kappa shape index (κ2) is 3.68. The fourth-order valence-electron chi connectivity index (χ4n) is 1.49. The average molecular weight is 208 g/mol. The molecule has 0 saturated carbocycles. The molecular weight excluding hydrogens is 199 g/mol. The summed E-state index contributed by atoms with van der Waals surface area (Å²) in [5, 5.41) is 8.73. The van der Waals surface area contributed by atoms with Crippen LogP contribution in [0.5, 0.6) is 0 Å². The molecule has 5 heteroatoms. The maximum Gasteiger partial charge on any atom is 0.407 e. The van der Waals surface area contributed by atoms with Gasteiger partial charge in [0.1, 0.15) is 11.5 Å². The maximum absolute atomic E-state index is 13.3. The number of nitrogens with zero attached hydrogens (tertiary/aromatic N) is 2. The molecule has 1 amide bonds. The summed E-state index contributed by atoms with van der Waals surface area (Å²) in [6.45, 7) is 0.490. The molecule has 0 atom stereocenters. The predicted octanol–water partition coefficient (Wildman–Crippen LogP) is 1.60. The number of pyridine rings is 1. The van der Waals surface area contributed by atoms with Crippen LogP contribution >= 0.6 is 0 Å². The van der Waals surface area contributed by atoms with Crippen LogP contribution in [-0.4, -0.2) is 34.2 Å². The van der Waals surface area contributed by atoms with Crippen molar-refractivity contribution in [3.63, 3.8) is 0 Å². The number of amides is 1. The van der Waals surface area contributed by atoms with Crippen LogP contribution in [0.15, 0.2) is 24.4 Å². The lowest BCUT2D eigenvalue weighted by atomic mass is 10.2. The first-order valence-electron chi connectivity index (χ1n) is 4.46. The number of aromatic nitrogens is 1. The molecule has 0 spiro atoms. The van der Waals surface area contributed by atoms with Crippen LogP contribution in [0.25, 0.3) is 5.57 Å². The van der Waals surface area contributed by atoms with E-state index >= 15 is 0 Å². The lowest BCUT2D eigenvalue weighted by molar-refractivity contribution is 0.158. The van der Waals surface area contributed by atoms with E-state index in [0.29, 0.717) is 12.1 Å². The summed E-state index contributed by atoms with van der Waals surface area (Å²) in [5.74, 6) is -0.420. The Morgan fingerprint density at radius 1 is 1.60 bits per heavy atom. The summed E-state index contributed by atoms with van der Waals surface area (Å²) in [7, 11) is 0. The minimum atomic E-state index is -1.00. The van der Waals surface area contributed by atoms with Gasteiger partial charge in [0, 0.05) is 12.7 Å². The second-order valence-electron chi connectivity index (χ2n) is 3.23. The zero-order valence-electron chi connectivity index (χ0n) is 7.85. The molecule has 1 aromatic heterocycles. The van der Waals surface area contributed by atoms with Crippen molar-refractivity contribution in [2.24, 2.45) is 0 Å². The van der Waals surface area contributed by atoms with E-state index in [4.69, 9.17) is 5.11 Å². The Bertz CT molecular complexity index is 431. The molecule has 1 aliphatic rings. The van der Waals surface area contributed by atoms with Gasteiger partial charge in [-0.05, 0) is 17.7 Å². The molecule has 1 N–H and O–H groups in total. The highest BCUT2D eigenvalue weighted by molar-refractivity contribution is 5.75. The van der Waals surface area contributed by atoms with E-state index < -0.39 is 11.9 Å². The third kappa shape index (κ3) is 1.81. The first-order chi connectivity index (χ1) is 7.18. The van der Waals surface area contributed by atoms with Gasteiger partial charge in [-0.2, -0.15) is 0 Å². The Labute approximate surface area is 85.7 Å². The molecule has 0 aromatic carbocycles. The van der Waals surface area contributed by atoms with Gasteiger partial charge in [0.2, 0.25) is 0 Å². The molecule has 0 saturated heterocycles. The van der Waals surface area contributed by atoms with Gasteiger partial charge in [0.25, 0.3) is 0 Å². The molecule has 1 aromatic rings. The van der Waals surface area contributed by atoms with Crippen molar-refractivity contribution < 1.29 is 14.3 Å². The molecule has 1 aliphatic heterocycles. The Morgan fingerprint density at radius 3 is 3.00 bits per heavy atom. The van der Waals surface area contributed by atoms with Crippen LogP contribution in [0, 0.1) is 5.82 Å². The number of rotatable bonds is 1. The number of hydrogen-bond acceptors (Lipinski definition) is 2. The minimum Gasteiger partial charge on any atom is -0.465 e. The van der Waals surface area contributed by atoms with Gasteiger partial charge in [-0.3, -0.25) is 4.98 Å². The van der Waals surface area contributed by atoms with Gasteiger partial charge in [-0.25, -0.2) is 9.18 Å². The van der Waals surface area contributed by atoms with Crippen molar-refractivity contribution in [2.45, 2.75) is 0 Å². The number of halogens is 1. The molecule has 2 heterocycles. The molecule has 0 fully saturated rings. The highest BCUT2D eigenvalue weighted by Crippen LogP contribution is 2.21. The first-order valence-corrected chi connectivity index (χ1v) is 4.46. The predicted molar refractivity (Wildman–Crippen MR) is 51.8 cm³/mol. The molecule has 78 valence electrons. The summed E-state index contributed by atoms with van der Waals surface area (Å²) in [6.07, 6.45) is 2.17. The molecule has 4 nitrogen and oxygen atoms in total. The summed E-state index contributed by atoms with van der Waals surface area (Å²) in [5.41, 5.74) is 0.858. The zero-order valence-corrected chi connectivity index (χ0v) is 7.85. The smallest absolute Gasteiger partial charge is 0.407 e. The topological polar surface area (TPSA) is 53.4 Å². The molecule has 0 radical (unpaired) electrons. The largest absolute Gasteiger partial charge is 0.465 e. The lowest BCUT2D eigenvalue weighted by Crippen LogP contribution is -2.26. The van der Waals surface area contributed by atoms with Crippen LogP contribution in [-0.2, 0) is 0 Å². The fourth-order valence-corrected chi connectivity index (χ4v) is 1.49. The van der Waals surface area contributed by atoms with Gasteiger partial charge < -0.3 is 10.0 Å². The summed E-state index contributed by atoms with van der Waals surface area (Å²) >= 11 is 0. The van der Waals surface area contributed by atoms with Gasteiger partial charge in [-0.1, -0.05) is 6.08 Å². The molecule has 15 heavy (non-hydrogen) atoms. The highest BCUT2D eigenvalue weighted by atomic mass is 19.1. The lowest BCUT2D eigenvalue weighted by Gasteiger charge is -2.11. The monoisotopic (exact) mass is 208 g/mol. The maximum atomic E-state index is 13.3. The fraction of sp³-hybridized carbons (Fsp3) is 0.200. The van der Waals surface area contributed by atoms with E-state index in [1.165, 1.54) is 23.2 Å². The normalized spacial score (nSPS) is 15.3. The van der Waals surface area contributed by atoms with Crippen LogP contribution in [0.3, 0.4) is 0 Å². The van der Waals surface area contributed by atoms with Crippen LogP contribution in [0.1, 0.15) is 5.69 Å². The van der Waals surface area contributed by atoms with Crippen molar-refractivity contribution >= 4 is 11.7 Å². The van der Waals surface area contributed by atoms with E-state index in [0.717, 1.165) is 0 Å². The van der Waals surface area contributed by atoms with Crippen molar-refractivity contribution in [1.29, 1.82) is 0 Å². The number of hydrogen-bond donors (Lipinski definition) is 1. The molecular formula is C10H9FN2O2. The van der Waals surface area contributed by atoms with E-state index in [9.17, 15) is 9.18 Å².